The van der Waals surface area contributed by atoms with Crippen LogP contribution in [0.5, 0.6) is 0 Å². The number of rotatable bonds is 16. The Morgan fingerprint density at radius 1 is 0.960 bits per heavy atom. The molecule has 1 aliphatic carbocycles. The van der Waals surface area contributed by atoms with E-state index in [1.54, 1.807) is 0 Å². The van der Waals surface area contributed by atoms with Crippen LogP contribution >= 0.6 is 0 Å². The van der Waals surface area contributed by atoms with Gasteiger partial charge in [-0.05, 0) is 51.6 Å². The monoisotopic (exact) mass is 353 g/mol. The Morgan fingerprint density at radius 3 is 2.28 bits per heavy atom. The van der Waals surface area contributed by atoms with E-state index in [1.807, 2.05) is 0 Å². The Bertz CT molecular complexity index is 333. The smallest absolute Gasteiger partial charge is 0.0484 e. The molecule has 0 aliphatic heterocycles. The standard InChI is InChI=1S/C22H47N3/c1-7-12-13-15-20-21(25(17-10-4)18-23-11-5)22(20,16-9-3)24-19(6)14-8-2/h19-21,23-24H,7-18H2,1-6H3. The van der Waals surface area contributed by atoms with Gasteiger partial charge in [0.1, 0.15) is 0 Å². The number of unbranched alkanes of at least 4 members (excludes halogenated alkanes) is 2. The minimum absolute atomic E-state index is 0.363. The Hall–Kier alpha value is -0.120. The molecule has 3 nitrogen and oxygen atoms in total. The summed E-state index contributed by atoms with van der Waals surface area (Å²) in [6.45, 7) is 17.3. The lowest BCUT2D eigenvalue weighted by atomic mass is 10.0. The van der Waals surface area contributed by atoms with E-state index in [0.717, 1.165) is 25.2 Å². The first-order valence-electron chi connectivity index (χ1n) is 11.3. The van der Waals surface area contributed by atoms with E-state index in [-0.39, 0.29) is 0 Å². The van der Waals surface area contributed by atoms with Crippen molar-refractivity contribution in [2.45, 2.75) is 117 Å². The van der Waals surface area contributed by atoms with Crippen molar-refractivity contribution in [1.29, 1.82) is 0 Å². The van der Waals surface area contributed by atoms with Crippen LogP contribution < -0.4 is 10.6 Å². The van der Waals surface area contributed by atoms with Gasteiger partial charge in [0.2, 0.25) is 0 Å². The molecule has 1 rings (SSSR count). The van der Waals surface area contributed by atoms with E-state index in [1.165, 1.54) is 64.3 Å². The maximum Gasteiger partial charge on any atom is 0.0484 e. The molecule has 4 unspecified atom stereocenters. The number of hydrogen-bond acceptors (Lipinski definition) is 3. The average molecular weight is 354 g/mol. The quantitative estimate of drug-likeness (QED) is 0.296. The predicted octanol–water partition coefficient (Wildman–Crippen LogP) is 5.16. The zero-order chi connectivity index (χ0) is 18.7. The van der Waals surface area contributed by atoms with E-state index in [0.29, 0.717) is 11.6 Å². The maximum atomic E-state index is 4.14. The zero-order valence-corrected chi connectivity index (χ0v) is 18.2. The molecule has 2 N–H and O–H groups in total. The first-order valence-corrected chi connectivity index (χ1v) is 11.3. The fourth-order valence-corrected chi connectivity index (χ4v) is 4.94. The fourth-order valence-electron chi connectivity index (χ4n) is 4.94. The van der Waals surface area contributed by atoms with E-state index >= 15 is 0 Å². The molecular weight excluding hydrogens is 306 g/mol. The van der Waals surface area contributed by atoms with Crippen LogP contribution in [0.25, 0.3) is 0 Å². The molecule has 0 aromatic heterocycles. The molecule has 0 bridgehead atoms. The van der Waals surface area contributed by atoms with Crippen LogP contribution in [0.4, 0.5) is 0 Å². The van der Waals surface area contributed by atoms with Gasteiger partial charge < -0.3 is 10.6 Å². The van der Waals surface area contributed by atoms with Gasteiger partial charge in [0.15, 0.2) is 0 Å². The minimum Gasteiger partial charge on any atom is -0.307 e. The molecule has 0 spiro atoms. The normalized spacial score (nSPS) is 27.0. The van der Waals surface area contributed by atoms with Gasteiger partial charge in [0.05, 0.1) is 0 Å². The van der Waals surface area contributed by atoms with Gasteiger partial charge in [-0.25, -0.2) is 0 Å². The molecular formula is C22H47N3. The van der Waals surface area contributed by atoms with Gasteiger partial charge in [-0.3, -0.25) is 4.90 Å². The largest absolute Gasteiger partial charge is 0.307 e. The third kappa shape index (κ3) is 6.52. The highest BCUT2D eigenvalue weighted by atomic mass is 15.3. The Balaban J connectivity index is 2.90. The molecule has 0 aromatic rings. The summed E-state index contributed by atoms with van der Waals surface area (Å²) in [6, 6.07) is 1.36. The van der Waals surface area contributed by atoms with Crippen LogP contribution in [0.1, 0.15) is 99.3 Å². The molecule has 4 atom stereocenters. The first-order chi connectivity index (χ1) is 12.1. The van der Waals surface area contributed by atoms with Crippen LogP contribution in [0, 0.1) is 5.92 Å². The van der Waals surface area contributed by atoms with Gasteiger partial charge >= 0.3 is 0 Å². The molecule has 1 fully saturated rings. The van der Waals surface area contributed by atoms with Crippen molar-refractivity contribution in [2.75, 3.05) is 19.8 Å². The van der Waals surface area contributed by atoms with Crippen molar-refractivity contribution in [1.82, 2.24) is 15.5 Å². The summed E-state index contributed by atoms with van der Waals surface area (Å²) >= 11 is 0. The molecule has 0 heterocycles. The molecule has 0 amide bonds. The van der Waals surface area contributed by atoms with Crippen LogP contribution in [-0.2, 0) is 0 Å². The van der Waals surface area contributed by atoms with E-state index in [4.69, 9.17) is 0 Å². The summed E-state index contributed by atoms with van der Waals surface area (Å²) in [5, 5.41) is 7.74. The third-order valence-electron chi connectivity index (χ3n) is 5.95. The number of nitrogens with one attached hydrogen (secondary N) is 2. The van der Waals surface area contributed by atoms with Crippen molar-refractivity contribution in [3.63, 3.8) is 0 Å². The topological polar surface area (TPSA) is 27.3 Å². The summed E-state index contributed by atoms with van der Waals surface area (Å²) in [7, 11) is 0. The van der Waals surface area contributed by atoms with E-state index in [9.17, 15) is 0 Å². The fraction of sp³-hybridized carbons (Fsp3) is 1.00. The van der Waals surface area contributed by atoms with Crippen molar-refractivity contribution in [2.24, 2.45) is 5.92 Å². The number of hydrogen-bond donors (Lipinski definition) is 2. The zero-order valence-electron chi connectivity index (χ0n) is 18.2. The summed E-state index contributed by atoms with van der Waals surface area (Å²) in [5.74, 6) is 0.837. The summed E-state index contributed by atoms with van der Waals surface area (Å²) in [6.07, 6.45) is 11.9. The highest BCUT2D eigenvalue weighted by Gasteiger charge is 2.65. The van der Waals surface area contributed by atoms with E-state index < -0.39 is 0 Å². The molecule has 3 heteroatoms. The van der Waals surface area contributed by atoms with Gasteiger partial charge in [0.25, 0.3) is 0 Å². The average Bonchev–Trinajstić information content (AvgIpc) is 3.18. The van der Waals surface area contributed by atoms with Crippen molar-refractivity contribution < 1.29 is 0 Å². The minimum atomic E-state index is 0.363. The lowest BCUT2D eigenvalue weighted by Gasteiger charge is -2.29. The predicted molar refractivity (Wildman–Crippen MR) is 112 cm³/mol. The van der Waals surface area contributed by atoms with Gasteiger partial charge in [-0.1, -0.05) is 66.7 Å². The lowest BCUT2D eigenvalue weighted by molar-refractivity contribution is 0.206. The van der Waals surface area contributed by atoms with Crippen molar-refractivity contribution >= 4 is 0 Å². The Labute approximate surface area is 158 Å². The van der Waals surface area contributed by atoms with Crippen LogP contribution in [0.15, 0.2) is 0 Å². The second-order valence-corrected chi connectivity index (χ2v) is 8.25. The van der Waals surface area contributed by atoms with Crippen LogP contribution in [0.3, 0.4) is 0 Å². The van der Waals surface area contributed by atoms with Crippen LogP contribution in [0.2, 0.25) is 0 Å². The van der Waals surface area contributed by atoms with Gasteiger partial charge in [-0.15, -0.1) is 0 Å². The Morgan fingerprint density at radius 2 is 1.72 bits per heavy atom. The lowest BCUT2D eigenvalue weighted by Crippen LogP contribution is -2.47. The number of nitrogens with zero attached hydrogens (tertiary/aromatic N) is 1. The van der Waals surface area contributed by atoms with Crippen LogP contribution in [-0.4, -0.2) is 42.3 Å². The highest BCUT2D eigenvalue weighted by Crippen LogP contribution is 2.53. The van der Waals surface area contributed by atoms with Crippen molar-refractivity contribution in [3.05, 3.63) is 0 Å². The summed E-state index contributed by atoms with van der Waals surface area (Å²) in [5.41, 5.74) is 0.363. The SMILES string of the molecule is CCCCCC1C(N(CCC)CNCC)C1(CCC)NC(C)CCC. The molecule has 0 aromatic carbocycles. The van der Waals surface area contributed by atoms with Gasteiger partial charge in [-0.2, -0.15) is 0 Å². The summed E-state index contributed by atoms with van der Waals surface area (Å²) < 4.78 is 0. The Kier molecular flexibility index (Phi) is 11.3. The molecule has 1 aliphatic rings. The summed E-state index contributed by atoms with van der Waals surface area (Å²) in [4.78, 5) is 2.75. The molecule has 25 heavy (non-hydrogen) atoms. The van der Waals surface area contributed by atoms with Gasteiger partial charge in [0, 0.05) is 24.3 Å². The molecule has 0 radical (unpaired) electrons. The first kappa shape index (κ1) is 22.9. The molecule has 150 valence electrons. The molecule has 0 saturated heterocycles. The van der Waals surface area contributed by atoms with Crippen molar-refractivity contribution in [3.8, 4) is 0 Å². The highest BCUT2D eigenvalue weighted by molar-refractivity contribution is 5.23. The van der Waals surface area contributed by atoms with E-state index in [2.05, 4.69) is 57.1 Å². The third-order valence-corrected chi connectivity index (χ3v) is 5.95. The second-order valence-electron chi connectivity index (χ2n) is 8.25. The molecule has 1 saturated carbocycles. The maximum absolute atomic E-state index is 4.14. The second kappa shape index (κ2) is 12.3.